The lowest BCUT2D eigenvalue weighted by Gasteiger charge is -2.48. The van der Waals surface area contributed by atoms with Crippen molar-refractivity contribution in [1.29, 1.82) is 0 Å². The molecule has 2 aliphatic rings. The van der Waals surface area contributed by atoms with E-state index in [4.69, 9.17) is 4.74 Å². The number of ether oxygens (including phenoxy) is 1. The normalized spacial score (nSPS) is 21.3. The molecule has 2 saturated heterocycles. The van der Waals surface area contributed by atoms with Gasteiger partial charge in [-0.15, -0.1) is 0 Å². The number of benzene rings is 1. The number of likely N-dealkylation sites (N-methyl/N-ethyl adjacent to an activating group) is 1. The Kier molecular flexibility index (Phi) is 5.35. The summed E-state index contributed by atoms with van der Waals surface area (Å²) < 4.78 is 7.48. The molecule has 0 radical (unpaired) electrons. The first-order chi connectivity index (χ1) is 17.0. The average molecular weight is 469 g/mol. The van der Waals surface area contributed by atoms with E-state index in [1.165, 1.54) is 5.56 Å². The highest BCUT2D eigenvalue weighted by molar-refractivity contribution is 5.83. The molecule has 5 heterocycles. The van der Waals surface area contributed by atoms with Gasteiger partial charge in [0.2, 0.25) is 5.91 Å². The summed E-state index contributed by atoms with van der Waals surface area (Å²) in [6, 6.07) is 16.3. The van der Waals surface area contributed by atoms with Crippen LogP contribution in [0.25, 0.3) is 16.6 Å². The first kappa shape index (κ1) is 21.9. The minimum Gasteiger partial charge on any atom is -0.377 e. The van der Waals surface area contributed by atoms with Gasteiger partial charge in [-0.25, -0.2) is 4.68 Å². The van der Waals surface area contributed by atoms with E-state index in [9.17, 15) is 4.79 Å². The molecule has 1 spiro atoms. The van der Waals surface area contributed by atoms with Crippen molar-refractivity contribution in [3.05, 3.63) is 84.1 Å². The average Bonchev–Trinajstić information content (AvgIpc) is 3.37. The van der Waals surface area contributed by atoms with Crippen LogP contribution in [0.1, 0.15) is 22.9 Å². The molecule has 2 aliphatic heterocycles. The molecular formula is C27H28N6O2. The smallest absolute Gasteiger partial charge is 0.226 e. The molecular weight excluding hydrogens is 440 g/mol. The van der Waals surface area contributed by atoms with E-state index >= 15 is 0 Å². The van der Waals surface area contributed by atoms with Crippen molar-refractivity contribution in [1.82, 2.24) is 30.0 Å². The van der Waals surface area contributed by atoms with Crippen LogP contribution in [0.4, 0.5) is 0 Å². The number of nitrogens with one attached hydrogen (secondary N) is 1. The van der Waals surface area contributed by atoms with Gasteiger partial charge in [-0.3, -0.25) is 19.7 Å². The van der Waals surface area contributed by atoms with Crippen LogP contribution >= 0.6 is 0 Å². The molecule has 8 nitrogen and oxygen atoms in total. The lowest BCUT2D eigenvalue weighted by atomic mass is 9.76. The number of rotatable bonds is 5. The van der Waals surface area contributed by atoms with Gasteiger partial charge in [0.25, 0.3) is 0 Å². The Morgan fingerprint density at radius 3 is 2.71 bits per heavy atom. The van der Waals surface area contributed by atoms with E-state index < -0.39 is 0 Å². The fraction of sp³-hybridized carbons (Fsp3) is 0.333. The van der Waals surface area contributed by atoms with Crippen molar-refractivity contribution in [2.24, 2.45) is 0 Å². The summed E-state index contributed by atoms with van der Waals surface area (Å²) in [6.45, 7) is 4.12. The second kappa shape index (κ2) is 8.55. The standard InChI is InChI=1S/C27H28N6O2/c1-18-10-22(8-9-28-18)33-24-14-29-21(11-20(24)13-30-33)12-25(34)31-23-15-32(2)27(16-35-17-27)26(23)19-6-4-3-5-7-19/h3-11,13-14,23,26H,12,15-17H2,1-2H3,(H,31,34)/t23-,26+/m1/s1. The molecule has 3 aromatic heterocycles. The summed E-state index contributed by atoms with van der Waals surface area (Å²) in [5, 5.41) is 8.79. The Bertz CT molecular complexity index is 1380. The fourth-order valence-electron chi connectivity index (χ4n) is 5.60. The largest absolute Gasteiger partial charge is 0.377 e. The summed E-state index contributed by atoms with van der Waals surface area (Å²) in [7, 11) is 2.13. The molecule has 178 valence electrons. The zero-order chi connectivity index (χ0) is 24.0. The van der Waals surface area contributed by atoms with Crippen LogP contribution in [0.3, 0.4) is 0 Å². The molecule has 1 amide bonds. The summed E-state index contributed by atoms with van der Waals surface area (Å²) >= 11 is 0. The van der Waals surface area contributed by atoms with Crippen LogP contribution in [0.5, 0.6) is 0 Å². The van der Waals surface area contributed by atoms with E-state index in [0.29, 0.717) is 13.2 Å². The number of hydrogen-bond donors (Lipinski definition) is 1. The van der Waals surface area contributed by atoms with Gasteiger partial charge >= 0.3 is 0 Å². The number of fused-ring (bicyclic) bond motifs is 1. The van der Waals surface area contributed by atoms with E-state index in [0.717, 1.165) is 34.5 Å². The molecule has 1 aromatic carbocycles. The summed E-state index contributed by atoms with van der Waals surface area (Å²) in [5.74, 6) is 0.162. The Labute approximate surface area is 203 Å². The second-order valence-corrected chi connectivity index (χ2v) is 9.66. The van der Waals surface area contributed by atoms with Crippen LogP contribution in [0.2, 0.25) is 0 Å². The second-order valence-electron chi connectivity index (χ2n) is 9.66. The Morgan fingerprint density at radius 1 is 1.14 bits per heavy atom. The number of likely N-dealkylation sites (tertiary alicyclic amines) is 1. The van der Waals surface area contributed by atoms with E-state index in [-0.39, 0.29) is 29.8 Å². The Morgan fingerprint density at radius 2 is 1.97 bits per heavy atom. The Hall–Kier alpha value is -3.62. The number of pyridine rings is 2. The molecule has 2 fully saturated rings. The molecule has 35 heavy (non-hydrogen) atoms. The summed E-state index contributed by atoms with van der Waals surface area (Å²) in [6.07, 6.45) is 5.59. The number of hydrogen-bond acceptors (Lipinski definition) is 6. The SMILES string of the molecule is Cc1cc(-n2ncc3cc(CC(=O)N[C@@H]4CN(C)C5(COC5)[C@H]4c4ccccc4)ncc32)ccn1. The molecule has 8 heteroatoms. The number of carbonyl (C=O) groups excluding carboxylic acids is 1. The van der Waals surface area contributed by atoms with Gasteiger partial charge in [0.15, 0.2) is 0 Å². The first-order valence-corrected chi connectivity index (χ1v) is 11.9. The van der Waals surface area contributed by atoms with Crippen molar-refractivity contribution in [3.63, 3.8) is 0 Å². The Balaban J connectivity index is 1.21. The molecule has 6 rings (SSSR count). The predicted molar refractivity (Wildman–Crippen MR) is 132 cm³/mol. The predicted octanol–water partition coefficient (Wildman–Crippen LogP) is 2.65. The lowest BCUT2D eigenvalue weighted by molar-refractivity contribution is -0.125. The van der Waals surface area contributed by atoms with Gasteiger partial charge in [-0.1, -0.05) is 30.3 Å². The van der Waals surface area contributed by atoms with Gasteiger partial charge in [-0.05, 0) is 37.7 Å². The number of amides is 1. The quantitative estimate of drug-likeness (QED) is 0.485. The third kappa shape index (κ3) is 3.79. The van der Waals surface area contributed by atoms with Crippen LogP contribution in [-0.2, 0) is 16.0 Å². The minimum absolute atomic E-state index is 0.0141. The highest BCUT2D eigenvalue weighted by Crippen LogP contribution is 2.45. The highest BCUT2D eigenvalue weighted by atomic mass is 16.5. The minimum atomic E-state index is -0.0592. The highest BCUT2D eigenvalue weighted by Gasteiger charge is 2.57. The van der Waals surface area contributed by atoms with Gasteiger partial charge in [0.05, 0.1) is 60.5 Å². The molecule has 0 saturated carbocycles. The van der Waals surface area contributed by atoms with Gasteiger partial charge in [0.1, 0.15) is 0 Å². The van der Waals surface area contributed by atoms with Crippen LogP contribution < -0.4 is 5.32 Å². The third-order valence-electron chi connectivity index (χ3n) is 7.40. The van der Waals surface area contributed by atoms with Crippen molar-refractivity contribution in [2.45, 2.75) is 30.8 Å². The monoisotopic (exact) mass is 468 g/mol. The maximum Gasteiger partial charge on any atom is 0.226 e. The summed E-state index contributed by atoms with van der Waals surface area (Å²) in [4.78, 5) is 24.3. The topological polar surface area (TPSA) is 85.2 Å². The molecule has 1 N–H and O–H groups in total. The maximum absolute atomic E-state index is 13.1. The number of aromatic nitrogens is 4. The van der Waals surface area contributed by atoms with Crippen LogP contribution in [0, 0.1) is 6.92 Å². The van der Waals surface area contributed by atoms with Crippen LogP contribution in [0.15, 0.2) is 67.1 Å². The van der Waals surface area contributed by atoms with E-state index in [1.54, 1.807) is 12.4 Å². The fourth-order valence-corrected chi connectivity index (χ4v) is 5.60. The molecule has 0 bridgehead atoms. The van der Waals surface area contributed by atoms with E-state index in [1.807, 2.05) is 42.1 Å². The first-order valence-electron chi connectivity index (χ1n) is 11.9. The van der Waals surface area contributed by atoms with Crippen LogP contribution in [-0.4, -0.2) is 68.9 Å². The molecule has 4 aromatic rings. The summed E-state index contributed by atoms with van der Waals surface area (Å²) in [5.41, 5.74) is 4.66. The molecule has 0 aliphatic carbocycles. The van der Waals surface area contributed by atoms with Crippen molar-refractivity contribution < 1.29 is 9.53 Å². The molecule has 2 atom stereocenters. The van der Waals surface area contributed by atoms with Gasteiger partial charge in [0, 0.05) is 29.7 Å². The number of carbonyl (C=O) groups is 1. The maximum atomic E-state index is 13.1. The number of aryl methyl sites for hydroxylation is 1. The lowest BCUT2D eigenvalue weighted by Crippen LogP contribution is -2.61. The van der Waals surface area contributed by atoms with Gasteiger partial charge < -0.3 is 10.1 Å². The van der Waals surface area contributed by atoms with Gasteiger partial charge in [-0.2, -0.15) is 5.10 Å². The molecule has 0 unspecified atom stereocenters. The van der Waals surface area contributed by atoms with E-state index in [2.05, 4.69) is 56.6 Å². The third-order valence-corrected chi connectivity index (χ3v) is 7.40. The zero-order valence-electron chi connectivity index (χ0n) is 19.9. The zero-order valence-corrected chi connectivity index (χ0v) is 19.9. The van der Waals surface area contributed by atoms with Crippen molar-refractivity contribution in [2.75, 3.05) is 26.8 Å². The number of nitrogens with zero attached hydrogens (tertiary/aromatic N) is 5. The van der Waals surface area contributed by atoms with Crippen molar-refractivity contribution in [3.8, 4) is 5.69 Å². The van der Waals surface area contributed by atoms with Crippen molar-refractivity contribution >= 4 is 16.8 Å².